The van der Waals surface area contributed by atoms with Gasteiger partial charge in [-0.1, -0.05) is 56.3 Å². The molecule has 0 saturated carbocycles. The van der Waals surface area contributed by atoms with Crippen molar-refractivity contribution in [3.05, 3.63) is 101 Å². The summed E-state index contributed by atoms with van der Waals surface area (Å²) in [6.07, 6.45) is 0. The fraction of sp³-hybridized carbons (Fsp3) is 0.333. The van der Waals surface area contributed by atoms with Crippen molar-refractivity contribution in [1.82, 2.24) is 9.80 Å². The SMILES string of the molecule is CCOc1ccc(C(O)=C2C(=O)C(=O)N(CCN(CC)CC)C2c2ccc(OCc3ccccc3)cc2)cc1C. The van der Waals surface area contributed by atoms with E-state index in [0.29, 0.717) is 43.4 Å². The first-order valence-electron chi connectivity index (χ1n) is 13.9. The standard InChI is InChI=1S/C33H38N2O5/c1-5-34(6-2)19-20-35-30(25-13-16-27(17-14-25)40-22-24-11-9-8-10-12-24)29(32(37)33(35)38)31(36)26-15-18-28(39-7-3)23(4)21-26/h8-18,21,30,36H,5-7,19-20,22H2,1-4H3. The van der Waals surface area contributed by atoms with Crippen LogP contribution >= 0.6 is 0 Å². The number of amides is 1. The van der Waals surface area contributed by atoms with Crippen molar-refractivity contribution < 1.29 is 24.2 Å². The molecule has 40 heavy (non-hydrogen) atoms. The molecule has 210 valence electrons. The zero-order chi connectivity index (χ0) is 28.6. The van der Waals surface area contributed by atoms with Crippen LogP contribution in [0, 0.1) is 6.92 Å². The average Bonchev–Trinajstić information content (AvgIpc) is 3.23. The number of aliphatic hydroxyl groups is 1. The number of likely N-dealkylation sites (N-methyl/N-ethyl adjacent to an activating group) is 1. The predicted molar refractivity (Wildman–Crippen MR) is 156 cm³/mol. The second-order valence-corrected chi connectivity index (χ2v) is 9.78. The van der Waals surface area contributed by atoms with E-state index in [1.807, 2.05) is 68.4 Å². The molecule has 3 aromatic rings. The quantitative estimate of drug-likeness (QED) is 0.179. The van der Waals surface area contributed by atoms with Gasteiger partial charge in [0, 0.05) is 18.7 Å². The molecule has 3 aromatic carbocycles. The molecule has 0 bridgehead atoms. The molecule has 1 saturated heterocycles. The van der Waals surface area contributed by atoms with Crippen molar-refractivity contribution in [2.24, 2.45) is 0 Å². The van der Waals surface area contributed by atoms with Crippen LogP contribution in [0.4, 0.5) is 0 Å². The van der Waals surface area contributed by atoms with Crippen LogP contribution in [-0.2, 0) is 16.2 Å². The van der Waals surface area contributed by atoms with E-state index in [0.717, 1.165) is 29.8 Å². The Kier molecular flexibility index (Phi) is 9.61. The van der Waals surface area contributed by atoms with Crippen molar-refractivity contribution in [3.63, 3.8) is 0 Å². The van der Waals surface area contributed by atoms with E-state index in [9.17, 15) is 14.7 Å². The lowest BCUT2D eigenvalue weighted by Crippen LogP contribution is -2.38. The number of Topliss-reactive ketones (excluding diaryl/α,β-unsaturated/α-hetero) is 1. The largest absolute Gasteiger partial charge is 0.507 e. The predicted octanol–water partition coefficient (Wildman–Crippen LogP) is 5.74. The molecule has 1 N–H and O–H groups in total. The van der Waals surface area contributed by atoms with Crippen molar-refractivity contribution in [1.29, 1.82) is 0 Å². The number of aliphatic hydroxyl groups excluding tert-OH is 1. The molecule has 4 rings (SSSR count). The van der Waals surface area contributed by atoms with E-state index in [2.05, 4.69) is 18.7 Å². The highest BCUT2D eigenvalue weighted by atomic mass is 16.5. The van der Waals surface area contributed by atoms with E-state index in [4.69, 9.17) is 9.47 Å². The number of nitrogens with zero attached hydrogens (tertiary/aromatic N) is 2. The third-order valence-corrected chi connectivity index (χ3v) is 7.28. The molecule has 1 atom stereocenters. The van der Waals surface area contributed by atoms with Gasteiger partial charge in [0.15, 0.2) is 0 Å². The summed E-state index contributed by atoms with van der Waals surface area (Å²) in [6.45, 7) is 11.5. The first kappa shape index (κ1) is 28.9. The van der Waals surface area contributed by atoms with Gasteiger partial charge < -0.3 is 24.4 Å². The Morgan fingerprint density at radius 1 is 0.925 bits per heavy atom. The molecule has 0 spiro atoms. The molecule has 1 aliphatic rings. The van der Waals surface area contributed by atoms with Crippen LogP contribution in [0.25, 0.3) is 5.76 Å². The Morgan fingerprint density at radius 3 is 2.25 bits per heavy atom. The van der Waals surface area contributed by atoms with Crippen molar-refractivity contribution in [3.8, 4) is 11.5 Å². The first-order valence-corrected chi connectivity index (χ1v) is 13.9. The number of ketones is 1. The van der Waals surface area contributed by atoms with Crippen LogP contribution in [0.3, 0.4) is 0 Å². The molecule has 0 aromatic heterocycles. The van der Waals surface area contributed by atoms with Gasteiger partial charge in [0.2, 0.25) is 0 Å². The van der Waals surface area contributed by atoms with Gasteiger partial charge in [0.25, 0.3) is 11.7 Å². The third kappa shape index (κ3) is 6.37. The van der Waals surface area contributed by atoms with Gasteiger partial charge in [0.1, 0.15) is 23.9 Å². The molecule has 0 aliphatic carbocycles. The van der Waals surface area contributed by atoms with Gasteiger partial charge in [-0.15, -0.1) is 0 Å². The van der Waals surface area contributed by atoms with Crippen molar-refractivity contribution in [2.75, 3.05) is 32.8 Å². The first-order chi connectivity index (χ1) is 19.4. The molecule has 1 unspecified atom stereocenters. The average molecular weight is 543 g/mol. The second-order valence-electron chi connectivity index (χ2n) is 9.78. The van der Waals surface area contributed by atoms with E-state index < -0.39 is 17.7 Å². The van der Waals surface area contributed by atoms with E-state index >= 15 is 0 Å². The van der Waals surface area contributed by atoms with Crippen LogP contribution in [0.2, 0.25) is 0 Å². The zero-order valence-electron chi connectivity index (χ0n) is 23.7. The molecule has 7 nitrogen and oxygen atoms in total. The number of likely N-dealkylation sites (tertiary alicyclic amines) is 1. The summed E-state index contributed by atoms with van der Waals surface area (Å²) >= 11 is 0. The number of rotatable bonds is 12. The Hall–Kier alpha value is -4.10. The summed E-state index contributed by atoms with van der Waals surface area (Å²) in [5.74, 6) is -0.0933. The normalized spacial score (nSPS) is 16.5. The Balaban J connectivity index is 1.69. The van der Waals surface area contributed by atoms with E-state index in [-0.39, 0.29) is 11.3 Å². The van der Waals surface area contributed by atoms with E-state index in [1.54, 1.807) is 23.1 Å². The minimum absolute atomic E-state index is 0.0889. The van der Waals surface area contributed by atoms with Crippen LogP contribution in [0.15, 0.2) is 78.4 Å². The van der Waals surface area contributed by atoms with Crippen LogP contribution in [0.1, 0.15) is 49.1 Å². The topological polar surface area (TPSA) is 79.3 Å². The molecule has 0 radical (unpaired) electrons. The van der Waals surface area contributed by atoms with Gasteiger partial charge in [0.05, 0.1) is 18.2 Å². The van der Waals surface area contributed by atoms with Crippen molar-refractivity contribution in [2.45, 2.75) is 40.3 Å². The van der Waals surface area contributed by atoms with Crippen LogP contribution in [-0.4, -0.2) is 59.4 Å². The molecule has 1 amide bonds. The lowest BCUT2D eigenvalue weighted by Gasteiger charge is -2.28. The van der Waals surface area contributed by atoms with Gasteiger partial charge in [-0.25, -0.2) is 0 Å². The lowest BCUT2D eigenvalue weighted by atomic mass is 9.94. The number of benzene rings is 3. The van der Waals surface area contributed by atoms with Gasteiger partial charge in [-0.2, -0.15) is 0 Å². The summed E-state index contributed by atoms with van der Waals surface area (Å²) in [6, 6.07) is 21.8. The van der Waals surface area contributed by atoms with Crippen LogP contribution in [0.5, 0.6) is 11.5 Å². The summed E-state index contributed by atoms with van der Waals surface area (Å²) < 4.78 is 11.6. The summed E-state index contributed by atoms with van der Waals surface area (Å²) in [5, 5.41) is 11.4. The summed E-state index contributed by atoms with van der Waals surface area (Å²) in [7, 11) is 0. The Bertz CT molecular complexity index is 1350. The zero-order valence-corrected chi connectivity index (χ0v) is 23.7. The molecule has 1 fully saturated rings. The Morgan fingerprint density at radius 2 is 1.62 bits per heavy atom. The smallest absolute Gasteiger partial charge is 0.295 e. The number of hydrogen-bond donors (Lipinski definition) is 1. The van der Waals surface area contributed by atoms with Gasteiger partial charge in [-0.05, 0) is 74.0 Å². The van der Waals surface area contributed by atoms with Crippen molar-refractivity contribution >= 4 is 17.4 Å². The maximum Gasteiger partial charge on any atom is 0.295 e. The van der Waals surface area contributed by atoms with E-state index in [1.165, 1.54) is 0 Å². The number of ether oxygens (including phenoxy) is 2. The van der Waals surface area contributed by atoms with Crippen LogP contribution < -0.4 is 9.47 Å². The summed E-state index contributed by atoms with van der Waals surface area (Å²) in [5.41, 5.74) is 3.18. The molecular formula is C33H38N2O5. The maximum absolute atomic E-state index is 13.4. The minimum atomic E-state index is -0.717. The highest BCUT2D eigenvalue weighted by molar-refractivity contribution is 6.46. The highest BCUT2D eigenvalue weighted by Gasteiger charge is 2.46. The number of aryl methyl sites for hydroxylation is 1. The fourth-order valence-electron chi connectivity index (χ4n) is 5.00. The van der Waals surface area contributed by atoms with Gasteiger partial charge >= 0.3 is 0 Å². The third-order valence-electron chi connectivity index (χ3n) is 7.28. The Labute approximate surface area is 236 Å². The molecule has 1 heterocycles. The second kappa shape index (κ2) is 13.3. The lowest BCUT2D eigenvalue weighted by molar-refractivity contribution is -0.140. The maximum atomic E-state index is 13.4. The number of hydrogen-bond acceptors (Lipinski definition) is 6. The monoisotopic (exact) mass is 542 g/mol. The summed E-state index contributed by atoms with van der Waals surface area (Å²) in [4.78, 5) is 30.5. The molecule has 7 heteroatoms. The number of carbonyl (C=O) groups excluding carboxylic acids is 2. The highest BCUT2D eigenvalue weighted by Crippen LogP contribution is 2.40. The molecule has 1 aliphatic heterocycles. The molecular weight excluding hydrogens is 504 g/mol. The minimum Gasteiger partial charge on any atom is -0.507 e. The van der Waals surface area contributed by atoms with Gasteiger partial charge in [-0.3, -0.25) is 9.59 Å². The fourth-order valence-corrected chi connectivity index (χ4v) is 5.00. The number of carbonyl (C=O) groups is 2.